The van der Waals surface area contributed by atoms with Gasteiger partial charge in [0.15, 0.2) is 0 Å². The highest BCUT2D eigenvalue weighted by atomic mass is 14.7. The molecular weight excluding hydrogens is 284 g/mol. The molecule has 0 saturated heterocycles. The van der Waals surface area contributed by atoms with Crippen LogP contribution in [-0.2, 0) is 0 Å². The smallest absolute Gasteiger partial charge is 0.149 e. The van der Waals surface area contributed by atoms with E-state index in [0.717, 1.165) is 25.7 Å². The summed E-state index contributed by atoms with van der Waals surface area (Å²) < 4.78 is 0. The van der Waals surface area contributed by atoms with E-state index in [1.54, 1.807) is 0 Å². The van der Waals surface area contributed by atoms with Gasteiger partial charge in [-0.2, -0.15) is 10.5 Å². The second-order valence-corrected chi connectivity index (χ2v) is 8.49. The van der Waals surface area contributed by atoms with Crippen LogP contribution in [0.5, 0.6) is 0 Å². The summed E-state index contributed by atoms with van der Waals surface area (Å²) in [4.78, 5) is 0. The minimum absolute atomic E-state index is 0.126. The summed E-state index contributed by atoms with van der Waals surface area (Å²) >= 11 is 0. The number of hydrogen-bond donors (Lipinski definition) is 2. The Kier molecular flexibility index (Phi) is 5.39. The number of hydrogen-bond acceptors (Lipinski definition) is 4. The fourth-order valence-electron chi connectivity index (χ4n) is 5.20. The van der Waals surface area contributed by atoms with Gasteiger partial charge in [0.05, 0.1) is 12.1 Å². The van der Waals surface area contributed by atoms with E-state index in [1.165, 1.54) is 0 Å². The molecule has 2 saturated carbocycles. The molecule has 128 valence electrons. The molecule has 0 heterocycles. The van der Waals surface area contributed by atoms with Crippen LogP contribution in [0.4, 0.5) is 0 Å². The van der Waals surface area contributed by atoms with Gasteiger partial charge in [0, 0.05) is 12.1 Å². The highest BCUT2D eigenvalue weighted by Gasteiger charge is 2.52. The van der Waals surface area contributed by atoms with Crippen LogP contribution >= 0.6 is 0 Å². The second kappa shape index (κ2) is 6.80. The first kappa shape index (κ1) is 18.2. The van der Waals surface area contributed by atoms with Crippen LogP contribution in [0.3, 0.4) is 0 Å². The maximum Gasteiger partial charge on any atom is 0.149 e. The molecule has 2 aliphatic rings. The van der Waals surface area contributed by atoms with E-state index in [1.807, 2.05) is 0 Å². The Morgan fingerprint density at radius 3 is 1.17 bits per heavy atom. The molecule has 4 N–H and O–H groups in total. The molecule has 23 heavy (non-hydrogen) atoms. The molecule has 0 radical (unpaired) electrons. The molecule has 0 aromatic rings. The Hall–Kier alpha value is -1.10. The summed E-state index contributed by atoms with van der Waals surface area (Å²) in [6.07, 6.45) is 3.55. The fraction of sp³-hybridized carbons (Fsp3) is 0.895. The molecule has 0 bridgehead atoms. The van der Waals surface area contributed by atoms with Gasteiger partial charge in [-0.1, -0.05) is 27.7 Å². The molecule has 2 aliphatic carbocycles. The van der Waals surface area contributed by atoms with Gasteiger partial charge in [-0.3, -0.25) is 0 Å². The van der Waals surface area contributed by atoms with Crippen LogP contribution in [0.25, 0.3) is 0 Å². The first-order valence-corrected chi connectivity index (χ1v) is 9.10. The molecule has 4 atom stereocenters. The van der Waals surface area contributed by atoms with Crippen molar-refractivity contribution >= 4 is 0 Å². The van der Waals surface area contributed by atoms with Crippen LogP contribution < -0.4 is 11.5 Å². The SMILES string of the molecule is CC1CC(C(C#N)(C#N)C2CC(C)C(N)C(C)C2)CC(C)C1N. The van der Waals surface area contributed by atoms with E-state index in [-0.39, 0.29) is 23.9 Å². The van der Waals surface area contributed by atoms with Crippen molar-refractivity contribution in [3.05, 3.63) is 0 Å². The van der Waals surface area contributed by atoms with Crippen molar-refractivity contribution in [1.29, 1.82) is 10.5 Å². The fourth-order valence-corrected chi connectivity index (χ4v) is 5.20. The topological polar surface area (TPSA) is 99.6 Å². The Morgan fingerprint density at radius 1 is 0.696 bits per heavy atom. The zero-order chi connectivity index (χ0) is 17.4. The average Bonchev–Trinajstić information content (AvgIpc) is 2.51. The van der Waals surface area contributed by atoms with Gasteiger partial charge >= 0.3 is 0 Å². The third-order valence-corrected chi connectivity index (χ3v) is 6.91. The molecule has 2 fully saturated rings. The summed E-state index contributed by atoms with van der Waals surface area (Å²) in [6, 6.07) is 5.31. The molecule has 0 aromatic carbocycles. The van der Waals surface area contributed by atoms with E-state index in [0.29, 0.717) is 23.7 Å². The van der Waals surface area contributed by atoms with Crippen molar-refractivity contribution in [3.8, 4) is 12.1 Å². The van der Waals surface area contributed by atoms with Crippen LogP contribution in [0.1, 0.15) is 53.4 Å². The molecular formula is C19H32N4. The first-order chi connectivity index (χ1) is 10.8. The molecule has 0 spiro atoms. The summed E-state index contributed by atoms with van der Waals surface area (Å²) in [6.45, 7) is 8.65. The van der Waals surface area contributed by atoms with Crippen LogP contribution in [0.2, 0.25) is 0 Å². The Morgan fingerprint density at radius 2 is 0.957 bits per heavy atom. The average molecular weight is 316 g/mol. The van der Waals surface area contributed by atoms with Gasteiger partial charge in [-0.05, 0) is 61.2 Å². The Bertz CT molecular complexity index is 432. The zero-order valence-electron chi connectivity index (χ0n) is 15.0. The van der Waals surface area contributed by atoms with Crippen molar-refractivity contribution in [2.75, 3.05) is 0 Å². The second-order valence-electron chi connectivity index (χ2n) is 8.49. The molecule has 2 rings (SSSR count). The molecule has 4 unspecified atom stereocenters. The van der Waals surface area contributed by atoms with Gasteiger partial charge in [0.2, 0.25) is 0 Å². The zero-order valence-corrected chi connectivity index (χ0v) is 15.0. The largest absolute Gasteiger partial charge is 0.327 e. The van der Waals surface area contributed by atoms with E-state index in [2.05, 4.69) is 39.8 Å². The van der Waals surface area contributed by atoms with Crippen molar-refractivity contribution in [1.82, 2.24) is 0 Å². The van der Waals surface area contributed by atoms with Crippen LogP contribution in [-0.4, -0.2) is 12.1 Å². The highest BCUT2D eigenvalue weighted by molar-refractivity contribution is 5.21. The summed E-state index contributed by atoms with van der Waals surface area (Å²) in [5.41, 5.74) is 11.7. The van der Waals surface area contributed by atoms with Crippen molar-refractivity contribution < 1.29 is 0 Å². The molecule has 4 nitrogen and oxygen atoms in total. The lowest BCUT2D eigenvalue weighted by atomic mass is 9.55. The lowest BCUT2D eigenvalue weighted by Crippen LogP contribution is -2.50. The van der Waals surface area contributed by atoms with E-state index in [9.17, 15) is 10.5 Å². The number of nitrogens with two attached hydrogens (primary N) is 2. The summed E-state index contributed by atoms with van der Waals surface area (Å²) in [5.74, 6) is 1.72. The van der Waals surface area contributed by atoms with Gasteiger partial charge in [0.25, 0.3) is 0 Å². The third-order valence-electron chi connectivity index (χ3n) is 6.91. The molecule has 0 aliphatic heterocycles. The summed E-state index contributed by atoms with van der Waals surface area (Å²) in [5, 5.41) is 20.0. The van der Waals surface area contributed by atoms with Gasteiger partial charge < -0.3 is 11.5 Å². The van der Waals surface area contributed by atoms with Crippen molar-refractivity contribution in [2.45, 2.75) is 65.5 Å². The van der Waals surface area contributed by atoms with E-state index < -0.39 is 5.41 Å². The first-order valence-electron chi connectivity index (χ1n) is 9.10. The Labute approximate surface area is 141 Å². The quantitative estimate of drug-likeness (QED) is 0.817. The summed E-state index contributed by atoms with van der Waals surface area (Å²) in [7, 11) is 0. The maximum atomic E-state index is 10.0. The lowest BCUT2D eigenvalue weighted by molar-refractivity contribution is 0.0464. The standard InChI is InChI=1S/C19H32N4/c1-11-5-15(6-12(2)17(11)22)19(9-20,10-21)16-7-13(3)18(23)14(4)8-16/h11-18H,5-8,22-23H2,1-4H3. The maximum absolute atomic E-state index is 10.0. The van der Waals surface area contributed by atoms with Gasteiger partial charge in [0.1, 0.15) is 5.41 Å². The number of rotatable bonds is 2. The van der Waals surface area contributed by atoms with Crippen LogP contribution in [0, 0.1) is 63.6 Å². The van der Waals surface area contributed by atoms with Crippen molar-refractivity contribution in [3.63, 3.8) is 0 Å². The molecule has 0 aromatic heterocycles. The van der Waals surface area contributed by atoms with Gasteiger partial charge in [-0.15, -0.1) is 0 Å². The van der Waals surface area contributed by atoms with Crippen LogP contribution in [0.15, 0.2) is 0 Å². The van der Waals surface area contributed by atoms with E-state index in [4.69, 9.17) is 11.5 Å². The monoisotopic (exact) mass is 316 g/mol. The Balaban J connectivity index is 2.30. The molecule has 4 heteroatoms. The minimum Gasteiger partial charge on any atom is -0.327 e. The normalized spacial score (nSPS) is 45.0. The minimum atomic E-state index is -0.884. The highest BCUT2D eigenvalue weighted by Crippen LogP contribution is 2.51. The third kappa shape index (κ3) is 3.12. The number of nitriles is 2. The lowest BCUT2D eigenvalue weighted by Gasteiger charge is -2.48. The van der Waals surface area contributed by atoms with E-state index >= 15 is 0 Å². The predicted molar refractivity (Wildman–Crippen MR) is 91.7 cm³/mol. The van der Waals surface area contributed by atoms with Gasteiger partial charge in [-0.25, -0.2) is 0 Å². The molecule has 0 amide bonds. The number of nitrogens with zero attached hydrogens (tertiary/aromatic N) is 2. The predicted octanol–water partition coefficient (Wildman–Crippen LogP) is 3.04. The van der Waals surface area contributed by atoms with Crippen molar-refractivity contribution in [2.24, 2.45) is 52.4 Å².